The van der Waals surface area contributed by atoms with Crippen molar-refractivity contribution in [3.05, 3.63) is 101 Å². The van der Waals surface area contributed by atoms with E-state index in [1.54, 1.807) is 24.4 Å². The van der Waals surface area contributed by atoms with E-state index in [9.17, 15) is 14.7 Å². The number of carbonyl (C=O) groups is 2. The highest BCUT2D eigenvalue weighted by molar-refractivity contribution is 6.06. The van der Waals surface area contributed by atoms with Crippen LogP contribution in [-0.4, -0.2) is 36.6 Å². The van der Waals surface area contributed by atoms with Crippen LogP contribution in [0, 0.1) is 0 Å². The van der Waals surface area contributed by atoms with Gasteiger partial charge in [-0.2, -0.15) is 0 Å². The van der Waals surface area contributed by atoms with E-state index >= 15 is 0 Å². The number of unbranched alkanes of at least 4 members (excludes halogenated alkanes) is 1. The van der Waals surface area contributed by atoms with Gasteiger partial charge in [-0.25, -0.2) is 14.5 Å². The lowest BCUT2D eigenvalue weighted by Gasteiger charge is -2.08. The van der Waals surface area contributed by atoms with Crippen molar-refractivity contribution in [2.75, 3.05) is 0 Å². The van der Waals surface area contributed by atoms with E-state index in [1.807, 2.05) is 47.1 Å². The molecule has 0 spiro atoms. The highest BCUT2D eigenvalue weighted by Crippen LogP contribution is 2.24. The van der Waals surface area contributed by atoms with Crippen molar-refractivity contribution < 1.29 is 14.7 Å². The second-order valence-corrected chi connectivity index (χ2v) is 7.72. The third-order valence-electron chi connectivity index (χ3n) is 5.39. The van der Waals surface area contributed by atoms with Gasteiger partial charge in [-0.3, -0.25) is 9.78 Å². The van der Waals surface area contributed by atoms with E-state index in [4.69, 9.17) is 0 Å². The van der Waals surface area contributed by atoms with E-state index < -0.39 is 5.97 Å². The summed E-state index contributed by atoms with van der Waals surface area (Å²) in [7, 11) is 0. The Bertz CT molecular complexity index is 1260. The van der Waals surface area contributed by atoms with Crippen molar-refractivity contribution in [1.29, 1.82) is 0 Å². The van der Waals surface area contributed by atoms with Crippen LogP contribution in [0.25, 0.3) is 11.1 Å². The lowest BCUT2D eigenvalue weighted by atomic mass is 10.00. The molecule has 0 aliphatic rings. The van der Waals surface area contributed by atoms with Gasteiger partial charge in [0.15, 0.2) is 0 Å². The predicted molar refractivity (Wildman–Crippen MR) is 124 cm³/mol. The summed E-state index contributed by atoms with van der Waals surface area (Å²) in [6.45, 7) is 2.80. The number of aromatic nitrogens is 4. The number of ketones is 1. The topological polar surface area (TPSA) is 98.0 Å². The minimum atomic E-state index is -1.01. The van der Waals surface area contributed by atoms with Crippen LogP contribution in [0.15, 0.2) is 73.1 Å². The van der Waals surface area contributed by atoms with E-state index in [0.717, 1.165) is 29.8 Å². The van der Waals surface area contributed by atoms with Crippen molar-refractivity contribution in [2.45, 2.75) is 32.7 Å². The van der Waals surface area contributed by atoms with Gasteiger partial charge in [-0.1, -0.05) is 67.9 Å². The summed E-state index contributed by atoms with van der Waals surface area (Å²) >= 11 is 0. The molecule has 4 rings (SSSR count). The Morgan fingerprint density at radius 3 is 2.45 bits per heavy atom. The Balaban J connectivity index is 1.60. The van der Waals surface area contributed by atoms with Gasteiger partial charge in [0, 0.05) is 30.9 Å². The Labute approximate surface area is 191 Å². The van der Waals surface area contributed by atoms with Crippen LogP contribution in [-0.2, 0) is 13.0 Å². The summed E-state index contributed by atoms with van der Waals surface area (Å²) in [4.78, 5) is 32.8. The van der Waals surface area contributed by atoms with Gasteiger partial charge in [0.2, 0.25) is 11.6 Å². The summed E-state index contributed by atoms with van der Waals surface area (Å²) < 4.78 is 1.82. The molecule has 2 aromatic carbocycles. The van der Waals surface area contributed by atoms with Crippen LogP contribution in [0.5, 0.6) is 0 Å². The van der Waals surface area contributed by atoms with Gasteiger partial charge >= 0.3 is 5.97 Å². The lowest BCUT2D eigenvalue weighted by molar-refractivity contribution is 0.0697. The quantitative estimate of drug-likeness (QED) is 0.380. The number of carbonyl (C=O) groups excluding carboxylic acids is 1. The number of nitrogens with zero attached hydrogens (tertiary/aromatic N) is 4. The Hall–Kier alpha value is -4.13. The second-order valence-electron chi connectivity index (χ2n) is 7.72. The maximum absolute atomic E-state index is 12.8. The van der Waals surface area contributed by atoms with E-state index in [-0.39, 0.29) is 17.2 Å². The van der Waals surface area contributed by atoms with Crippen molar-refractivity contribution in [2.24, 2.45) is 0 Å². The molecule has 166 valence electrons. The molecule has 0 unspecified atom stereocenters. The lowest BCUT2D eigenvalue weighted by Crippen LogP contribution is -2.07. The van der Waals surface area contributed by atoms with Crippen LogP contribution in [0.3, 0.4) is 0 Å². The van der Waals surface area contributed by atoms with Crippen molar-refractivity contribution in [3.8, 4) is 11.1 Å². The molecule has 4 aromatic rings. The summed E-state index contributed by atoms with van der Waals surface area (Å²) in [6, 6.07) is 18.4. The third kappa shape index (κ3) is 5.03. The monoisotopic (exact) mass is 440 g/mol. The molecule has 0 radical (unpaired) electrons. The molecule has 0 amide bonds. The molecular formula is C26H24N4O3. The molecule has 0 saturated heterocycles. The zero-order valence-corrected chi connectivity index (χ0v) is 18.3. The highest BCUT2D eigenvalue weighted by atomic mass is 16.4. The standard InChI is InChI=1S/C26H24N4O3/c1-2-3-15-30-23(28-25(29-30)24(31)20-7-5-4-6-8-20)16-18-9-11-19(12-10-18)21-13-14-27-17-22(21)26(32)33/h4-14,17H,2-3,15-16H2,1H3,(H,32,33). The van der Waals surface area contributed by atoms with Crippen molar-refractivity contribution in [1.82, 2.24) is 19.7 Å². The van der Waals surface area contributed by atoms with Gasteiger partial charge in [-0.05, 0) is 29.2 Å². The maximum Gasteiger partial charge on any atom is 0.337 e. The first-order chi connectivity index (χ1) is 16.1. The van der Waals surface area contributed by atoms with Crippen LogP contribution in [0.2, 0.25) is 0 Å². The third-order valence-corrected chi connectivity index (χ3v) is 5.39. The molecule has 0 aliphatic heterocycles. The first-order valence-electron chi connectivity index (χ1n) is 10.9. The number of pyridine rings is 1. The van der Waals surface area contributed by atoms with Gasteiger partial charge in [-0.15, -0.1) is 5.10 Å². The number of carboxylic acid groups (broad SMARTS) is 1. The van der Waals surface area contributed by atoms with Crippen molar-refractivity contribution >= 4 is 11.8 Å². The molecule has 0 atom stereocenters. The minimum absolute atomic E-state index is 0.161. The molecule has 2 heterocycles. The van der Waals surface area contributed by atoms with Crippen LogP contribution < -0.4 is 0 Å². The van der Waals surface area contributed by atoms with Crippen LogP contribution in [0.4, 0.5) is 0 Å². The predicted octanol–water partition coefficient (Wildman–Crippen LogP) is 4.66. The Morgan fingerprint density at radius 1 is 1.00 bits per heavy atom. The van der Waals surface area contributed by atoms with Gasteiger partial charge < -0.3 is 5.11 Å². The SMILES string of the molecule is CCCCn1nc(C(=O)c2ccccc2)nc1Cc1ccc(-c2ccncc2C(=O)O)cc1. The average Bonchev–Trinajstić information content (AvgIpc) is 3.25. The van der Waals surface area contributed by atoms with E-state index in [1.165, 1.54) is 6.20 Å². The summed E-state index contributed by atoms with van der Waals surface area (Å²) in [5.41, 5.74) is 3.13. The summed E-state index contributed by atoms with van der Waals surface area (Å²) in [5.74, 6) is -0.277. The zero-order chi connectivity index (χ0) is 23.2. The Kier molecular flexibility index (Phi) is 6.69. The number of aryl methyl sites for hydroxylation is 1. The van der Waals surface area contributed by atoms with E-state index in [2.05, 4.69) is 22.0 Å². The van der Waals surface area contributed by atoms with E-state index in [0.29, 0.717) is 24.1 Å². The minimum Gasteiger partial charge on any atom is -0.478 e. The molecule has 7 heteroatoms. The molecule has 33 heavy (non-hydrogen) atoms. The summed E-state index contributed by atoms with van der Waals surface area (Å²) in [5, 5.41) is 13.9. The fourth-order valence-electron chi connectivity index (χ4n) is 3.61. The maximum atomic E-state index is 12.8. The molecule has 2 aromatic heterocycles. The second kappa shape index (κ2) is 9.99. The molecule has 0 aliphatic carbocycles. The molecule has 0 saturated carbocycles. The summed E-state index contributed by atoms with van der Waals surface area (Å²) in [6.07, 6.45) is 5.40. The van der Waals surface area contributed by atoms with Gasteiger partial charge in [0.05, 0.1) is 5.56 Å². The van der Waals surface area contributed by atoms with Crippen LogP contribution in [0.1, 0.15) is 57.7 Å². The van der Waals surface area contributed by atoms with Gasteiger partial charge in [0.1, 0.15) is 5.82 Å². The smallest absolute Gasteiger partial charge is 0.337 e. The largest absolute Gasteiger partial charge is 0.478 e. The molecule has 7 nitrogen and oxygen atoms in total. The first-order valence-corrected chi connectivity index (χ1v) is 10.9. The molecular weight excluding hydrogens is 416 g/mol. The fourth-order valence-corrected chi connectivity index (χ4v) is 3.61. The van der Waals surface area contributed by atoms with Crippen LogP contribution >= 0.6 is 0 Å². The molecule has 0 fully saturated rings. The fraction of sp³-hybridized carbons (Fsp3) is 0.192. The number of aromatic carboxylic acids is 1. The number of benzene rings is 2. The molecule has 0 bridgehead atoms. The Morgan fingerprint density at radius 2 is 1.76 bits per heavy atom. The first kappa shape index (κ1) is 22.1. The van der Waals surface area contributed by atoms with Crippen molar-refractivity contribution in [3.63, 3.8) is 0 Å². The zero-order valence-electron chi connectivity index (χ0n) is 18.3. The number of rotatable bonds is 9. The highest BCUT2D eigenvalue weighted by Gasteiger charge is 2.18. The number of hydrogen-bond donors (Lipinski definition) is 1. The molecule has 1 N–H and O–H groups in total. The average molecular weight is 441 g/mol. The number of hydrogen-bond acceptors (Lipinski definition) is 5. The number of carboxylic acids is 1. The normalized spacial score (nSPS) is 10.8. The van der Waals surface area contributed by atoms with Gasteiger partial charge in [0.25, 0.3) is 0 Å².